The van der Waals surface area contributed by atoms with E-state index in [4.69, 9.17) is 5.73 Å². The zero-order chi connectivity index (χ0) is 13.4. The Hall–Kier alpha value is -2.34. The second kappa shape index (κ2) is 4.40. The highest BCUT2D eigenvalue weighted by atomic mass is 15.2. The van der Waals surface area contributed by atoms with Crippen LogP contribution in [-0.4, -0.2) is 24.6 Å². The third kappa shape index (κ3) is 1.96. The van der Waals surface area contributed by atoms with Crippen LogP contribution in [-0.2, 0) is 0 Å². The number of aryl methyl sites for hydroxylation is 1. The predicted octanol–water partition coefficient (Wildman–Crippen LogP) is 1.51. The Morgan fingerprint density at radius 1 is 1.26 bits per heavy atom. The van der Waals surface area contributed by atoms with Crippen LogP contribution >= 0.6 is 0 Å². The predicted molar refractivity (Wildman–Crippen MR) is 71.4 cm³/mol. The van der Waals surface area contributed by atoms with Gasteiger partial charge in [-0.25, -0.2) is 9.97 Å². The van der Waals surface area contributed by atoms with Crippen LogP contribution < -0.4 is 5.73 Å². The van der Waals surface area contributed by atoms with Crippen molar-refractivity contribution in [2.75, 3.05) is 0 Å². The van der Waals surface area contributed by atoms with Crippen LogP contribution in [0, 0.1) is 6.92 Å². The summed E-state index contributed by atoms with van der Waals surface area (Å²) in [6.45, 7) is 3.79. The van der Waals surface area contributed by atoms with E-state index in [-0.39, 0.29) is 6.04 Å². The molecule has 6 heteroatoms. The summed E-state index contributed by atoms with van der Waals surface area (Å²) in [7, 11) is 0. The molecule has 0 aliphatic rings. The maximum Gasteiger partial charge on any atom is 0.167 e. The molecule has 0 aliphatic carbocycles. The lowest BCUT2D eigenvalue weighted by molar-refractivity contribution is 0.708. The van der Waals surface area contributed by atoms with Gasteiger partial charge in [0.25, 0.3) is 0 Å². The minimum absolute atomic E-state index is 0.222. The van der Waals surface area contributed by atoms with Gasteiger partial charge in [-0.1, -0.05) is 6.07 Å². The summed E-state index contributed by atoms with van der Waals surface area (Å²) < 4.78 is 1.98. The van der Waals surface area contributed by atoms with Gasteiger partial charge in [0.05, 0.1) is 23.4 Å². The normalized spacial score (nSPS) is 12.8. The molecule has 2 N–H and O–H groups in total. The standard InChI is InChI=1S/C13H14N6/c1-8(14)12-15-7-10(17-18-12)13-16-9(2)11-5-3-4-6-19(11)13/h3-8H,14H2,1-2H3. The Bertz CT molecular complexity index is 714. The third-order valence-corrected chi connectivity index (χ3v) is 2.95. The average Bonchev–Trinajstić information content (AvgIpc) is 2.77. The van der Waals surface area contributed by atoms with Gasteiger partial charge in [0, 0.05) is 6.20 Å². The summed E-state index contributed by atoms with van der Waals surface area (Å²) in [5, 5.41) is 8.19. The second-order valence-corrected chi connectivity index (χ2v) is 4.47. The highest BCUT2D eigenvalue weighted by Gasteiger charge is 2.12. The SMILES string of the molecule is Cc1nc(-c2cnc(C(C)N)nn2)n2ccccc12. The summed E-state index contributed by atoms with van der Waals surface area (Å²) >= 11 is 0. The highest BCUT2D eigenvalue weighted by Crippen LogP contribution is 2.19. The Balaban J connectivity index is 2.14. The molecule has 0 fully saturated rings. The summed E-state index contributed by atoms with van der Waals surface area (Å²) in [4.78, 5) is 8.74. The summed E-state index contributed by atoms with van der Waals surface area (Å²) in [6.07, 6.45) is 3.61. The molecule has 3 aromatic heterocycles. The Morgan fingerprint density at radius 3 is 2.79 bits per heavy atom. The molecule has 0 amide bonds. The lowest BCUT2D eigenvalue weighted by Gasteiger charge is -2.03. The van der Waals surface area contributed by atoms with E-state index < -0.39 is 0 Å². The summed E-state index contributed by atoms with van der Waals surface area (Å²) in [5.41, 5.74) is 8.35. The molecule has 3 aromatic rings. The van der Waals surface area contributed by atoms with Gasteiger partial charge in [-0.05, 0) is 26.0 Å². The van der Waals surface area contributed by atoms with Crippen molar-refractivity contribution >= 4 is 5.52 Å². The van der Waals surface area contributed by atoms with Crippen LogP contribution in [0.5, 0.6) is 0 Å². The molecular weight excluding hydrogens is 240 g/mol. The zero-order valence-corrected chi connectivity index (χ0v) is 10.8. The molecule has 1 atom stereocenters. The van der Waals surface area contributed by atoms with Crippen LogP contribution in [0.15, 0.2) is 30.6 Å². The maximum atomic E-state index is 5.71. The molecule has 96 valence electrons. The van der Waals surface area contributed by atoms with Gasteiger partial charge in [-0.2, -0.15) is 0 Å². The first-order chi connectivity index (χ1) is 9.16. The summed E-state index contributed by atoms with van der Waals surface area (Å²) in [5.74, 6) is 1.27. The number of nitrogens with zero attached hydrogens (tertiary/aromatic N) is 5. The fourth-order valence-corrected chi connectivity index (χ4v) is 1.97. The molecular formula is C13H14N6. The molecule has 0 spiro atoms. The number of fused-ring (bicyclic) bond motifs is 1. The van der Waals surface area contributed by atoms with Crippen LogP contribution in [0.2, 0.25) is 0 Å². The van der Waals surface area contributed by atoms with E-state index in [1.165, 1.54) is 0 Å². The van der Waals surface area contributed by atoms with Gasteiger partial charge in [-0.3, -0.25) is 4.40 Å². The Labute approximate surface area is 110 Å². The largest absolute Gasteiger partial charge is 0.321 e. The molecule has 0 saturated carbocycles. The van der Waals surface area contributed by atoms with E-state index in [0.29, 0.717) is 11.5 Å². The number of aromatic nitrogens is 5. The van der Waals surface area contributed by atoms with Crippen molar-refractivity contribution in [3.63, 3.8) is 0 Å². The van der Waals surface area contributed by atoms with Crippen LogP contribution in [0.25, 0.3) is 17.0 Å². The molecule has 0 bridgehead atoms. The van der Waals surface area contributed by atoms with Gasteiger partial charge in [0.2, 0.25) is 0 Å². The van der Waals surface area contributed by atoms with Crippen LogP contribution in [0.3, 0.4) is 0 Å². The van der Waals surface area contributed by atoms with Gasteiger partial charge in [-0.15, -0.1) is 10.2 Å². The molecule has 0 aromatic carbocycles. The van der Waals surface area contributed by atoms with E-state index in [2.05, 4.69) is 20.2 Å². The molecule has 0 aliphatic heterocycles. The zero-order valence-electron chi connectivity index (χ0n) is 10.8. The third-order valence-electron chi connectivity index (χ3n) is 2.95. The number of pyridine rings is 1. The molecule has 19 heavy (non-hydrogen) atoms. The number of hydrogen-bond acceptors (Lipinski definition) is 5. The molecule has 3 heterocycles. The topological polar surface area (TPSA) is 82.0 Å². The quantitative estimate of drug-likeness (QED) is 0.749. The van der Waals surface area contributed by atoms with E-state index in [9.17, 15) is 0 Å². The highest BCUT2D eigenvalue weighted by molar-refractivity contribution is 5.61. The minimum atomic E-state index is -0.222. The van der Waals surface area contributed by atoms with Gasteiger partial charge in [0.1, 0.15) is 5.69 Å². The van der Waals surface area contributed by atoms with Crippen molar-refractivity contribution in [1.29, 1.82) is 0 Å². The number of rotatable bonds is 2. The van der Waals surface area contributed by atoms with Gasteiger partial charge in [0.15, 0.2) is 11.6 Å². The van der Waals surface area contributed by atoms with E-state index in [0.717, 1.165) is 17.0 Å². The van der Waals surface area contributed by atoms with E-state index in [1.54, 1.807) is 6.20 Å². The monoisotopic (exact) mass is 254 g/mol. The molecule has 6 nitrogen and oxygen atoms in total. The molecule has 1 unspecified atom stereocenters. The number of hydrogen-bond donors (Lipinski definition) is 1. The lowest BCUT2D eigenvalue weighted by Crippen LogP contribution is -2.11. The Morgan fingerprint density at radius 2 is 2.11 bits per heavy atom. The number of imidazole rings is 1. The molecule has 3 rings (SSSR count). The number of nitrogens with two attached hydrogens (primary N) is 1. The van der Waals surface area contributed by atoms with Crippen LogP contribution in [0.4, 0.5) is 0 Å². The minimum Gasteiger partial charge on any atom is -0.321 e. The van der Waals surface area contributed by atoms with Crippen molar-refractivity contribution < 1.29 is 0 Å². The van der Waals surface area contributed by atoms with Crippen molar-refractivity contribution in [1.82, 2.24) is 24.6 Å². The second-order valence-electron chi connectivity index (χ2n) is 4.47. The van der Waals surface area contributed by atoms with E-state index in [1.807, 2.05) is 42.6 Å². The fraction of sp³-hybridized carbons (Fsp3) is 0.231. The fourth-order valence-electron chi connectivity index (χ4n) is 1.97. The first-order valence-corrected chi connectivity index (χ1v) is 6.06. The van der Waals surface area contributed by atoms with Crippen molar-refractivity contribution in [2.24, 2.45) is 5.73 Å². The lowest BCUT2D eigenvalue weighted by atomic mass is 10.3. The Kier molecular flexibility index (Phi) is 2.72. The van der Waals surface area contributed by atoms with Crippen molar-refractivity contribution in [3.05, 3.63) is 42.1 Å². The first kappa shape index (κ1) is 11.7. The smallest absolute Gasteiger partial charge is 0.167 e. The molecule has 0 radical (unpaired) electrons. The van der Waals surface area contributed by atoms with Crippen molar-refractivity contribution in [2.45, 2.75) is 19.9 Å². The maximum absolute atomic E-state index is 5.71. The van der Waals surface area contributed by atoms with Gasteiger partial charge < -0.3 is 5.73 Å². The van der Waals surface area contributed by atoms with E-state index >= 15 is 0 Å². The molecule has 0 saturated heterocycles. The first-order valence-electron chi connectivity index (χ1n) is 6.06. The summed E-state index contributed by atoms with van der Waals surface area (Å²) in [6, 6.07) is 5.73. The van der Waals surface area contributed by atoms with Gasteiger partial charge >= 0.3 is 0 Å². The van der Waals surface area contributed by atoms with Crippen molar-refractivity contribution in [3.8, 4) is 11.5 Å². The average molecular weight is 254 g/mol. The van der Waals surface area contributed by atoms with Crippen LogP contribution in [0.1, 0.15) is 24.5 Å².